The van der Waals surface area contributed by atoms with Gasteiger partial charge in [0.25, 0.3) is 5.91 Å². The standard InChI is InChI=1S/C22H30BrN3O3/c1-14(2)26-13-18(17-8-7-16(23)11-19(17)26)20(27)24-9-10-25(15(3)12-24)21(28)29-22(4,5)6/h7-8,11,13-15H,9-10,12H2,1-6H3/t15-/m0/s1. The van der Waals surface area contributed by atoms with Gasteiger partial charge in [-0.15, -0.1) is 0 Å². The van der Waals surface area contributed by atoms with Crippen molar-refractivity contribution in [2.24, 2.45) is 0 Å². The van der Waals surface area contributed by atoms with Crippen LogP contribution in [0.15, 0.2) is 28.9 Å². The van der Waals surface area contributed by atoms with Crippen LogP contribution in [0.1, 0.15) is 57.9 Å². The van der Waals surface area contributed by atoms with Crippen molar-refractivity contribution in [1.29, 1.82) is 0 Å². The minimum Gasteiger partial charge on any atom is -0.444 e. The molecule has 0 saturated carbocycles. The Bertz CT molecular complexity index is 929. The van der Waals surface area contributed by atoms with Gasteiger partial charge in [0.05, 0.1) is 11.1 Å². The average Bonchev–Trinajstić information content (AvgIpc) is 2.98. The lowest BCUT2D eigenvalue weighted by molar-refractivity contribution is 0.00201. The molecule has 1 atom stereocenters. The number of carbonyl (C=O) groups excluding carboxylic acids is 2. The molecule has 0 radical (unpaired) electrons. The topological polar surface area (TPSA) is 54.8 Å². The number of benzene rings is 1. The highest BCUT2D eigenvalue weighted by Crippen LogP contribution is 2.29. The number of ether oxygens (including phenoxy) is 1. The molecule has 2 aromatic rings. The van der Waals surface area contributed by atoms with Crippen LogP contribution >= 0.6 is 15.9 Å². The molecule has 2 amide bonds. The molecule has 158 valence electrons. The number of fused-ring (bicyclic) bond motifs is 1. The van der Waals surface area contributed by atoms with Crippen LogP contribution < -0.4 is 0 Å². The first kappa shape index (κ1) is 21.7. The number of halogens is 1. The van der Waals surface area contributed by atoms with Crippen molar-refractivity contribution < 1.29 is 14.3 Å². The lowest BCUT2D eigenvalue weighted by Gasteiger charge is -2.40. The Morgan fingerprint density at radius 2 is 1.90 bits per heavy atom. The summed E-state index contributed by atoms with van der Waals surface area (Å²) in [5, 5.41) is 0.953. The fraction of sp³-hybridized carbons (Fsp3) is 0.545. The van der Waals surface area contributed by atoms with Crippen LogP contribution in [-0.4, -0.2) is 57.6 Å². The van der Waals surface area contributed by atoms with Crippen LogP contribution in [0.2, 0.25) is 0 Å². The minimum atomic E-state index is -0.531. The summed E-state index contributed by atoms with van der Waals surface area (Å²) in [6.07, 6.45) is 1.63. The zero-order chi connectivity index (χ0) is 21.5. The highest BCUT2D eigenvalue weighted by atomic mass is 79.9. The molecule has 1 aliphatic rings. The van der Waals surface area contributed by atoms with E-state index in [0.29, 0.717) is 25.2 Å². The van der Waals surface area contributed by atoms with Gasteiger partial charge >= 0.3 is 6.09 Å². The van der Waals surface area contributed by atoms with Gasteiger partial charge in [0.1, 0.15) is 5.60 Å². The summed E-state index contributed by atoms with van der Waals surface area (Å²) in [6.45, 7) is 13.2. The molecular formula is C22H30BrN3O3. The van der Waals surface area contributed by atoms with Gasteiger partial charge in [-0.2, -0.15) is 0 Å². The summed E-state index contributed by atoms with van der Waals surface area (Å²) < 4.78 is 8.62. The molecule has 0 bridgehead atoms. The summed E-state index contributed by atoms with van der Waals surface area (Å²) in [5.41, 5.74) is 1.22. The number of piperazine rings is 1. The maximum absolute atomic E-state index is 13.4. The highest BCUT2D eigenvalue weighted by molar-refractivity contribution is 9.10. The molecule has 1 aliphatic heterocycles. The number of nitrogens with zero attached hydrogens (tertiary/aromatic N) is 3. The number of rotatable bonds is 2. The van der Waals surface area contributed by atoms with E-state index >= 15 is 0 Å². The van der Waals surface area contributed by atoms with Crippen molar-refractivity contribution in [2.45, 2.75) is 59.2 Å². The average molecular weight is 464 g/mol. The summed E-state index contributed by atoms with van der Waals surface area (Å²) in [7, 11) is 0. The van der Waals surface area contributed by atoms with Crippen molar-refractivity contribution >= 4 is 38.8 Å². The van der Waals surface area contributed by atoms with E-state index in [1.54, 1.807) is 4.90 Å². The number of hydrogen-bond donors (Lipinski definition) is 0. The van der Waals surface area contributed by atoms with Crippen molar-refractivity contribution in [3.63, 3.8) is 0 Å². The van der Waals surface area contributed by atoms with Crippen LogP contribution in [0, 0.1) is 0 Å². The monoisotopic (exact) mass is 463 g/mol. The molecule has 2 heterocycles. The third-order valence-electron chi connectivity index (χ3n) is 5.13. The quantitative estimate of drug-likeness (QED) is 0.624. The van der Waals surface area contributed by atoms with Gasteiger partial charge in [0.15, 0.2) is 0 Å². The van der Waals surface area contributed by atoms with Crippen LogP contribution in [0.4, 0.5) is 4.79 Å². The zero-order valence-corrected chi connectivity index (χ0v) is 19.6. The van der Waals surface area contributed by atoms with E-state index in [9.17, 15) is 9.59 Å². The predicted molar refractivity (Wildman–Crippen MR) is 118 cm³/mol. The SMILES string of the molecule is CC(C)n1cc(C(=O)N2CCN(C(=O)OC(C)(C)C)[C@@H](C)C2)c2ccc(Br)cc21. The Hall–Kier alpha value is -2.02. The van der Waals surface area contributed by atoms with Gasteiger partial charge < -0.3 is 19.1 Å². The summed E-state index contributed by atoms with van der Waals surface area (Å²) >= 11 is 3.53. The second kappa shape index (κ2) is 8.01. The summed E-state index contributed by atoms with van der Waals surface area (Å²) in [4.78, 5) is 29.4. The molecular weight excluding hydrogens is 434 g/mol. The molecule has 0 aliphatic carbocycles. The number of carbonyl (C=O) groups is 2. The van der Waals surface area contributed by atoms with E-state index in [0.717, 1.165) is 15.4 Å². The first-order chi connectivity index (χ1) is 13.5. The molecule has 1 aromatic carbocycles. The maximum Gasteiger partial charge on any atom is 0.410 e. The van der Waals surface area contributed by atoms with Gasteiger partial charge in [0, 0.05) is 47.8 Å². The molecule has 1 aromatic heterocycles. The maximum atomic E-state index is 13.4. The molecule has 6 nitrogen and oxygen atoms in total. The molecule has 1 saturated heterocycles. The molecule has 3 rings (SSSR count). The Morgan fingerprint density at radius 3 is 2.48 bits per heavy atom. The molecule has 0 spiro atoms. The smallest absolute Gasteiger partial charge is 0.410 e. The Kier molecular flexibility index (Phi) is 5.99. The minimum absolute atomic E-state index is 0.00686. The largest absolute Gasteiger partial charge is 0.444 e. The van der Waals surface area contributed by atoms with Crippen LogP contribution in [0.3, 0.4) is 0 Å². The van der Waals surface area contributed by atoms with Crippen molar-refractivity contribution in [1.82, 2.24) is 14.4 Å². The van der Waals surface area contributed by atoms with Gasteiger partial charge in [-0.3, -0.25) is 4.79 Å². The van der Waals surface area contributed by atoms with Gasteiger partial charge in [-0.05, 0) is 53.7 Å². The first-order valence-electron chi connectivity index (χ1n) is 10.1. The normalized spacial score (nSPS) is 17.9. The molecule has 29 heavy (non-hydrogen) atoms. The fourth-order valence-corrected chi connectivity index (χ4v) is 4.08. The molecule has 1 fully saturated rings. The lowest BCUT2D eigenvalue weighted by atomic mass is 10.1. The Balaban J connectivity index is 1.81. The lowest BCUT2D eigenvalue weighted by Crippen LogP contribution is -2.56. The third kappa shape index (κ3) is 4.60. The molecule has 0 unspecified atom stereocenters. The first-order valence-corrected chi connectivity index (χ1v) is 10.9. The predicted octanol–water partition coefficient (Wildman–Crippen LogP) is 5.07. The van der Waals surface area contributed by atoms with E-state index in [1.807, 2.05) is 50.9 Å². The van der Waals surface area contributed by atoms with Crippen molar-refractivity contribution in [3.8, 4) is 0 Å². The van der Waals surface area contributed by atoms with E-state index in [1.165, 1.54) is 0 Å². The number of hydrogen-bond acceptors (Lipinski definition) is 3. The van der Waals surface area contributed by atoms with E-state index < -0.39 is 5.60 Å². The van der Waals surface area contributed by atoms with Gasteiger partial charge in [-0.1, -0.05) is 22.0 Å². The third-order valence-corrected chi connectivity index (χ3v) is 5.62. The number of aromatic nitrogens is 1. The summed E-state index contributed by atoms with van der Waals surface area (Å²) in [5.74, 6) is 0.00686. The Labute approximate surface area is 180 Å². The second-order valence-corrected chi connectivity index (χ2v) is 9.89. The van der Waals surface area contributed by atoms with E-state index in [-0.39, 0.29) is 24.1 Å². The fourth-order valence-electron chi connectivity index (χ4n) is 3.73. The Morgan fingerprint density at radius 1 is 1.21 bits per heavy atom. The number of amides is 2. The van der Waals surface area contributed by atoms with Gasteiger partial charge in [-0.25, -0.2) is 4.79 Å². The molecule has 0 N–H and O–H groups in total. The van der Waals surface area contributed by atoms with Crippen LogP contribution in [-0.2, 0) is 4.74 Å². The van der Waals surface area contributed by atoms with E-state index in [4.69, 9.17) is 4.74 Å². The second-order valence-electron chi connectivity index (χ2n) is 8.98. The van der Waals surface area contributed by atoms with Gasteiger partial charge in [0.2, 0.25) is 0 Å². The molecule has 7 heteroatoms. The van der Waals surface area contributed by atoms with Crippen LogP contribution in [0.5, 0.6) is 0 Å². The summed E-state index contributed by atoms with van der Waals surface area (Å²) in [6, 6.07) is 6.15. The zero-order valence-electron chi connectivity index (χ0n) is 18.0. The van der Waals surface area contributed by atoms with E-state index in [2.05, 4.69) is 40.4 Å². The van der Waals surface area contributed by atoms with Crippen LogP contribution in [0.25, 0.3) is 10.9 Å². The van der Waals surface area contributed by atoms with Crippen molar-refractivity contribution in [3.05, 3.63) is 34.4 Å². The van der Waals surface area contributed by atoms with Crippen molar-refractivity contribution in [2.75, 3.05) is 19.6 Å². The highest BCUT2D eigenvalue weighted by Gasteiger charge is 2.33.